The normalized spacial score (nSPS) is 17.8. The summed E-state index contributed by atoms with van der Waals surface area (Å²) in [4.78, 5) is 15.2. The van der Waals surface area contributed by atoms with Crippen LogP contribution in [0.2, 0.25) is 5.02 Å². The molecule has 5 nitrogen and oxygen atoms in total. The van der Waals surface area contributed by atoms with Gasteiger partial charge in [-0.25, -0.2) is 0 Å². The molecule has 23 heavy (non-hydrogen) atoms. The molecule has 1 amide bonds. The second-order valence-corrected chi connectivity index (χ2v) is 6.74. The molecule has 0 unspecified atom stereocenters. The van der Waals surface area contributed by atoms with Crippen molar-refractivity contribution in [3.8, 4) is 5.88 Å². The Kier molecular flexibility index (Phi) is 4.50. The number of amides is 1. The average Bonchev–Trinajstić information content (AvgIpc) is 2.77. The average molecular weight is 337 g/mol. The molecule has 0 aliphatic heterocycles. The van der Waals surface area contributed by atoms with E-state index in [4.69, 9.17) is 11.6 Å². The zero-order valence-corrected chi connectivity index (χ0v) is 13.6. The first-order valence-electron chi connectivity index (χ1n) is 7.99. The summed E-state index contributed by atoms with van der Waals surface area (Å²) in [6, 6.07) is 4.82. The topological polar surface area (TPSA) is 85.4 Å². The number of aliphatic hydroxyl groups is 1. The maximum atomic E-state index is 12.4. The van der Waals surface area contributed by atoms with E-state index in [2.05, 4.69) is 10.3 Å². The van der Waals surface area contributed by atoms with Gasteiger partial charge in [-0.15, -0.1) is 0 Å². The number of rotatable bonds is 3. The Hall–Kier alpha value is -1.72. The van der Waals surface area contributed by atoms with Crippen molar-refractivity contribution < 1.29 is 15.0 Å². The van der Waals surface area contributed by atoms with Gasteiger partial charge in [0.1, 0.15) is 0 Å². The zero-order chi connectivity index (χ0) is 16.4. The highest BCUT2D eigenvalue weighted by Gasteiger charge is 2.28. The quantitative estimate of drug-likeness (QED) is 0.648. The van der Waals surface area contributed by atoms with Gasteiger partial charge in [-0.3, -0.25) is 4.79 Å². The number of aromatic hydroxyl groups is 1. The summed E-state index contributed by atoms with van der Waals surface area (Å²) >= 11 is 6.28. The summed E-state index contributed by atoms with van der Waals surface area (Å²) in [5.41, 5.74) is 0.191. The van der Waals surface area contributed by atoms with Gasteiger partial charge in [0.25, 0.3) is 5.91 Å². The first kappa shape index (κ1) is 16.1. The summed E-state index contributed by atoms with van der Waals surface area (Å²) in [7, 11) is 0. The number of nitrogens with one attached hydrogen (secondary N) is 2. The van der Waals surface area contributed by atoms with Crippen LogP contribution >= 0.6 is 11.6 Å². The Labute approximate surface area is 139 Å². The second-order valence-electron chi connectivity index (χ2n) is 6.36. The Morgan fingerprint density at radius 1 is 1.26 bits per heavy atom. The number of carbonyl (C=O) groups is 1. The molecule has 1 aliphatic carbocycles. The van der Waals surface area contributed by atoms with Gasteiger partial charge in [0.05, 0.1) is 16.2 Å². The number of fused-ring (bicyclic) bond motifs is 1. The third kappa shape index (κ3) is 3.46. The summed E-state index contributed by atoms with van der Waals surface area (Å²) in [6.07, 6.45) is 5.67. The number of hydrogen-bond acceptors (Lipinski definition) is 3. The van der Waals surface area contributed by atoms with Crippen molar-refractivity contribution in [3.05, 3.63) is 28.8 Å². The zero-order valence-electron chi connectivity index (χ0n) is 12.9. The van der Waals surface area contributed by atoms with Crippen LogP contribution in [0.4, 0.5) is 0 Å². The predicted octanol–water partition coefficient (Wildman–Crippen LogP) is 3.34. The van der Waals surface area contributed by atoms with Crippen LogP contribution in [0, 0.1) is 0 Å². The van der Waals surface area contributed by atoms with Crippen molar-refractivity contribution in [1.29, 1.82) is 0 Å². The molecule has 0 atom stereocenters. The van der Waals surface area contributed by atoms with E-state index in [0.29, 0.717) is 34.3 Å². The molecule has 1 aliphatic rings. The van der Waals surface area contributed by atoms with Crippen LogP contribution in [0.25, 0.3) is 10.9 Å². The molecule has 0 radical (unpaired) electrons. The van der Waals surface area contributed by atoms with Gasteiger partial charge in [-0.2, -0.15) is 0 Å². The molecule has 0 bridgehead atoms. The third-order valence-corrected chi connectivity index (χ3v) is 4.99. The van der Waals surface area contributed by atoms with Crippen molar-refractivity contribution >= 4 is 28.4 Å². The Morgan fingerprint density at radius 3 is 2.65 bits per heavy atom. The van der Waals surface area contributed by atoms with Gasteiger partial charge in [-0.05, 0) is 25.0 Å². The molecule has 1 saturated carbocycles. The first-order valence-corrected chi connectivity index (χ1v) is 8.37. The van der Waals surface area contributed by atoms with Crippen LogP contribution in [0.1, 0.15) is 48.9 Å². The second kappa shape index (κ2) is 6.42. The lowest BCUT2D eigenvalue weighted by molar-refractivity contribution is 0.0246. The molecule has 1 heterocycles. The van der Waals surface area contributed by atoms with E-state index in [1.807, 2.05) is 0 Å². The summed E-state index contributed by atoms with van der Waals surface area (Å²) < 4.78 is 0. The van der Waals surface area contributed by atoms with Crippen LogP contribution < -0.4 is 5.32 Å². The van der Waals surface area contributed by atoms with E-state index in [1.54, 1.807) is 12.1 Å². The molecule has 1 aromatic heterocycles. The Bertz CT molecular complexity index is 718. The maximum absolute atomic E-state index is 12.4. The largest absolute Gasteiger partial charge is 0.495 e. The van der Waals surface area contributed by atoms with E-state index in [0.717, 1.165) is 25.7 Å². The summed E-state index contributed by atoms with van der Waals surface area (Å²) in [6.45, 7) is 0.235. The van der Waals surface area contributed by atoms with Gasteiger partial charge in [0, 0.05) is 23.5 Å². The van der Waals surface area contributed by atoms with E-state index in [9.17, 15) is 15.0 Å². The van der Waals surface area contributed by atoms with E-state index in [-0.39, 0.29) is 18.3 Å². The monoisotopic (exact) mass is 336 g/mol. The van der Waals surface area contributed by atoms with Gasteiger partial charge in [-0.1, -0.05) is 37.3 Å². The maximum Gasteiger partial charge on any atom is 0.252 e. The van der Waals surface area contributed by atoms with Crippen LogP contribution in [0.3, 0.4) is 0 Å². The van der Waals surface area contributed by atoms with E-state index >= 15 is 0 Å². The van der Waals surface area contributed by atoms with Crippen LogP contribution in [-0.2, 0) is 0 Å². The molecule has 4 N–H and O–H groups in total. The van der Waals surface area contributed by atoms with Gasteiger partial charge >= 0.3 is 0 Å². The minimum atomic E-state index is -0.824. The highest BCUT2D eigenvalue weighted by atomic mass is 35.5. The number of aromatic amines is 1. The van der Waals surface area contributed by atoms with E-state index in [1.165, 1.54) is 6.07 Å². The van der Waals surface area contributed by atoms with Crippen molar-refractivity contribution in [2.45, 2.75) is 44.1 Å². The molecule has 3 rings (SSSR count). The molecule has 2 aromatic rings. The highest BCUT2D eigenvalue weighted by Crippen LogP contribution is 2.30. The fraction of sp³-hybridized carbons (Fsp3) is 0.471. The fourth-order valence-electron chi connectivity index (χ4n) is 3.23. The molecule has 1 aromatic carbocycles. The van der Waals surface area contributed by atoms with Crippen molar-refractivity contribution in [2.75, 3.05) is 6.54 Å². The molecule has 0 saturated heterocycles. The SMILES string of the molecule is O=C(NCC1(O)CCCCCC1)c1ccc2[nH]c(O)cc2c1Cl. The Balaban J connectivity index is 1.74. The molecular formula is C17H21ClN2O3. The molecule has 124 valence electrons. The lowest BCUT2D eigenvalue weighted by Crippen LogP contribution is -2.42. The number of carbonyl (C=O) groups excluding carboxylic acids is 1. The number of aromatic nitrogens is 1. The molecule has 0 spiro atoms. The van der Waals surface area contributed by atoms with E-state index < -0.39 is 5.60 Å². The highest BCUT2D eigenvalue weighted by molar-refractivity contribution is 6.38. The van der Waals surface area contributed by atoms with Crippen molar-refractivity contribution in [2.24, 2.45) is 0 Å². The standard InChI is InChI=1S/C17H21ClN2O3/c18-15-11(5-6-13-12(15)9-14(21)20-13)16(22)19-10-17(23)7-3-1-2-4-8-17/h5-6,9,20-21,23H,1-4,7-8,10H2,(H,19,22). The van der Waals surface area contributed by atoms with Gasteiger partial charge < -0.3 is 20.5 Å². The smallest absolute Gasteiger partial charge is 0.252 e. The van der Waals surface area contributed by atoms with Gasteiger partial charge in [0.15, 0.2) is 5.88 Å². The van der Waals surface area contributed by atoms with Crippen LogP contribution in [0.15, 0.2) is 18.2 Å². The first-order chi connectivity index (χ1) is 11.0. The predicted molar refractivity (Wildman–Crippen MR) is 90.0 cm³/mol. The van der Waals surface area contributed by atoms with Crippen molar-refractivity contribution in [1.82, 2.24) is 10.3 Å². The minimum absolute atomic E-state index is 0.00669. The van der Waals surface area contributed by atoms with Crippen LogP contribution in [0.5, 0.6) is 5.88 Å². The van der Waals surface area contributed by atoms with Gasteiger partial charge in [0.2, 0.25) is 0 Å². The Morgan fingerprint density at radius 2 is 1.96 bits per heavy atom. The number of halogens is 1. The van der Waals surface area contributed by atoms with Crippen molar-refractivity contribution in [3.63, 3.8) is 0 Å². The lowest BCUT2D eigenvalue weighted by atomic mass is 9.94. The third-order valence-electron chi connectivity index (χ3n) is 4.58. The number of hydrogen-bond donors (Lipinski definition) is 4. The molecular weight excluding hydrogens is 316 g/mol. The molecule has 1 fully saturated rings. The minimum Gasteiger partial charge on any atom is -0.495 e. The summed E-state index contributed by atoms with van der Waals surface area (Å²) in [5, 5.41) is 23.8. The molecule has 6 heteroatoms. The summed E-state index contributed by atoms with van der Waals surface area (Å²) in [5.74, 6) is -0.303. The number of benzene rings is 1. The fourth-order valence-corrected chi connectivity index (χ4v) is 3.54. The van der Waals surface area contributed by atoms with Crippen LogP contribution in [-0.4, -0.2) is 33.3 Å². The number of H-pyrrole nitrogens is 1. The lowest BCUT2D eigenvalue weighted by Gasteiger charge is -2.26.